The first-order valence-electron chi connectivity index (χ1n) is 6.24. The van der Waals surface area contributed by atoms with Crippen molar-refractivity contribution in [1.82, 2.24) is 0 Å². The highest BCUT2D eigenvalue weighted by Crippen LogP contribution is 2.37. The van der Waals surface area contributed by atoms with Crippen molar-refractivity contribution in [2.75, 3.05) is 5.32 Å². The molecule has 1 fully saturated rings. The number of benzene rings is 1. The van der Waals surface area contributed by atoms with Crippen LogP contribution < -0.4 is 5.32 Å². The molecule has 0 heterocycles. The third-order valence-corrected chi connectivity index (χ3v) is 4.05. The minimum Gasteiger partial charge on any atom is -0.481 e. The molecule has 1 aliphatic rings. The second-order valence-corrected chi connectivity index (χ2v) is 5.90. The summed E-state index contributed by atoms with van der Waals surface area (Å²) >= 11 is 3.33. The van der Waals surface area contributed by atoms with Crippen LogP contribution in [0.1, 0.15) is 37.7 Å². The van der Waals surface area contributed by atoms with E-state index in [-0.39, 0.29) is 6.42 Å². The third-order valence-electron chi connectivity index (χ3n) is 3.55. The van der Waals surface area contributed by atoms with E-state index < -0.39 is 11.5 Å². The third kappa shape index (κ3) is 3.27. The molecule has 0 unspecified atom stereocenters. The van der Waals surface area contributed by atoms with Gasteiger partial charge in [-0.3, -0.25) is 4.79 Å². The zero-order valence-electron chi connectivity index (χ0n) is 10.4. The van der Waals surface area contributed by atoms with Crippen LogP contribution in [-0.2, 0) is 4.79 Å². The molecule has 2 rings (SSSR count). The number of carboxylic acids is 1. The maximum Gasteiger partial charge on any atom is 0.305 e. The van der Waals surface area contributed by atoms with Crippen LogP contribution in [0.4, 0.5) is 5.69 Å². The van der Waals surface area contributed by atoms with Crippen LogP contribution in [-0.4, -0.2) is 16.6 Å². The number of nitrogens with zero attached hydrogens (tertiary/aromatic N) is 1. The van der Waals surface area contributed by atoms with Crippen LogP contribution in [0.15, 0.2) is 22.7 Å². The van der Waals surface area contributed by atoms with Crippen molar-refractivity contribution in [2.45, 2.75) is 37.6 Å². The number of carbonyl (C=O) groups is 1. The molecule has 2 N–H and O–H groups in total. The first-order chi connectivity index (χ1) is 9.04. The van der Waals surface area contributed by atoms with Gasteiger partial charge in [-0.2, -0.15) is 5.26 Å². The summed E-state index contributed by atoms with van der Waals surface area (Å²) in [5.41, 5.74) is 0.838. The molecule has 19 heavy (non-hydrogen) atoms. The number of nitrogens with one attached hydrogen (secondary N) is 1. The Kier molecular flexibility index (Phi) is 4.11. The average molecular weight is 323 g/mol. The lowest BCUT2D eigenvalue weighted by atomic mass is 9.92. The summed E-state index contributed by atoms with van der Waals surface area (Å²) in [6, 6.07) is 7.56. The highest BCUT2D eigenvalue weighted by atomic mass is 79.9. The lowest BCUT2D eigenvalue weighted by molar-refractivity contribution is -0.138. The molecule has 0 bridgehead atoms. The van der Waals surface area contributed by atoms with Gasteiger partial charge in [-0.25, -0.2) is 0 Å². The fraction of sp³-hybridized carbons (Fsp3) is 0.429. The van der Waals surface area contributed by atoms with Crippen molar-refractivity contribution in [3.63, 3.8) is 0 Å². The predicted molar refractivity (Wildman–Crippen MR) is 75.9 cm³/mol. The van der Waals surface area contributed by atoms with E-state index in [1.165, 1.54) is 0 Å². The number of carboxylic acid groups (broad SMARTS) is 1. The first kappa shape index (κ1) is 13.9. The zero-order valence-corrected chi connectivity index (χ0v) is 12.0. The van der Waals surface area contributed by atoms with Gasteiger partial charge >= 0.3 is 5.97 Å². The minimum atomic E-state index is -0.801. The van der Waals surface area contributed by atoms with E-state index in [4.69, 9.17) is 10.4 Å². The highest BCUT2D eigenvalue weighted by molar-refractivity contribution is 9.10. The van der Waals surface area contributed by atoms with Gasteiger partial charge in [0, 0.05) is 10.0 Å². The van der Waals surface area contributed by atoms with Crippen molar-refractivity contribution in [3.8, 4) is 6.07 Å². The van der Waals surface area contributed by atoms with Crippen LogP contribution >= 0.6 is 15.9 Å². The molecule has 0 atom stereocenters. The van der Waals surface area contributed by atoms with Crippen LogP contribution in [0.5, 0.6) is 0 Å². The van der Waals surface area contributed by atoms with Gasteiger partial charge in [0.1, 0.15) is 6.07 Å². The summed E-state index contributed by atoms with van der Waals surface area (Å²) in [6.07, 6.45) is 3.81. The Morgan fingerprint density at radius 2 is 2.16 bits per heavy atom. The molecule has 0 radical (unpaired) electrons. The maximum atomic E-state index is 11.0. The number of aliphatic carboxylic acids is 1. The van der Waals surface area contributed by atoms with Crippen LogP contribution in [0.2, 0.25) is 0 Å². The topological polar surface area (TPSA) is 73.1 Å². The van der Waals surface area contributed by atoms with Gasteiger partial charge < -0.3 is 10.4 Å². The Hall–Kier alpha value is -1.54. The molecule has 1 aliphatic carbocycles. The summed E-state index contributed by atoms with van der Waals surface area (Å²) in [5, 5.41) is 21.5. The lowest BCUT2D eigenvalue weighted by Crippen LogP contribution is -2.37. The van der Waals surface area contributed by atoms with Gasteiger partial charge in [0.15, 0.2) is 0 Å². The normalized spacial score (nSPS) is 16.8. The molecular weight excluding hydrogens is 308 g/mol. The van der Waals surface area contributed by atoms with E-state index in [9.17, 15) is 4.79 Å². The smallest absolute Gasteiger partial charge is 0.305 e. The molecular formula is C14H15BrN2O2. The van der Waals surface area contributed by atoms with Crippen LogP contribution in [0, 0.1) is 11.3 Å². The molecule has 100 valence electrons. The van der Waals surface area contributed by atoms with E-state index in [1.54, 1.807) is 6.07 Å². The summed E-state index contributed by atoms with van der Waals surface area (Å²) in [5.74, 6) is -0.801. The van der Waals surface area contributed by atoms with E-state index in [1.807, 2.05) is 12.1 Å². The van der Waals surface area contributed by atoms with E-state index in [2.05, 4.69) is 27.3 Å². The minimum absolute atomic E-state index is 0.0912. The molecule has 0 saturated heterocycles. The predicted octanol–water partition coefficient (Wildman–Crippen LogP) is 3.52. The first-order valence-corrected chi connectivity index (χ1v) is 7.04. The second kappa shape index (κ2) is 5.62. The van der Waals surface area contributed by atoms with Crippen molar-refractivity contribution in [1.29, 1.82) is 5.26 Å². The Balaban J connectivity index is 2.27. The summed E-state index contributed by atoms with van der Waals surface area (Å²) in [4.78, 5) is 11.0. The number of anilines is 1. The van der Waals surface area contributed by atoms with E-state index >= 15 is 0 Å². The second-order valence-electron chi connectivity index (χ2n) is 4.98. The summed E-state index contributed by atoms with van der Waals surface area (Å²) in [6.45, 7) is 0. The fourth-order valence-electron chi connectivity index (χ4n) is 2.69. The SMILES string of the molecule is N#Cc1cc(Br)ccc1NC1(CC(=O)O)CCCC1. The maximum absolute atomic E-state index is 11.0. The highest BCUT2D eigenvalue weighted by Gasteiger charge is 2.36. The van der Waals surface area contributed by atoms with Crippen molar-refractivity contribution >= 4 is 27.6 Å². The number of nitriles is 1. The van der Waals surface area contributed by atoms with Gasteiger partial charge in [-0.15, -0.1) is 0 Å². The number of hydrogen-bond acceptors (Lipinski definition) is 3. The largest absolute Gasteiger partial charge is 0.481 e. The fourth-order valence-corrected chi connectivity index (χ4v) is 3.05. The van der Waals surface area contributed by atoms with Gasteiger partial charge in [0.05, 0.1) is 17.7 Å². The quantitative estimate of drug-likeness (QED) is 0.889. The standard InChI is InChI=1S/C14H15BrN2O2/c15-11-3-4-12(10(7-11)9-16)17-14(8-13(18)19)5-1-2-6-14/h3-4,7,17H,1-2,5-6,8H2,(H,18,19). The number of hydrogen-bond donors (Lipinski definition) is 2. The van der Waals surface area contributed by atoms with Crippen LogP contribution in [0.3, 0.4) is 0 Å². The van der Waals surface area contributed by atoms with Gasteiger partial charge in [0.2, 0.25) is 0 Å². The van der Waals surface area contributed by atoms with Gasteiger partial charge in [-0.05, 0) is 31.0 Å². The molecule has 1 aromatic rings. The Labute approximate surface area is 120 Å². The average Bonchev–Trinajstić information content (AvgIpc) is 2.79. The number of halogens is 1. The molecule has 5 heteroatoms. The molecule has 0 spiro atoms. The van der Waals surface area contributed by atoms with E-state index in [0.717, 1.165) is 30.2 Å². The molecule has 1 aromatic carbocycles. The Morgan fingerprint density at radius 3 is 2.74 bits per heavy atom. The van der Waals surface area contributed by atoms with Gasteiger partial charge in [-0.1, -0.05) is 28.8 Å². The Morgan fingerprint density at radius 1 is 1.47 bits per heavy atom. The summed E-state index contributed by atoms with van der Waals surface area (Å²) in [7, 11) is 0. The molecule has 4 nitrogen and oxygen atoms in total. The van der Waals surface area contributed by atoms with Crippen LogP contribution in [0.25, 0.3) is 0 Å². The molecule has 0 aromatic heterocycles. The van der Waals surface area contributed by atoms with Crippen molar-refractivity contribution < 1.29 is 9.90 Å². The monoisotopic (exact) mass is 322 g/mol. The molecule has 0 aliphatic heterocycles. The van der Waals surface area contributed by atoms with Gasteiger partial charge in [0.25, 0.3) is 0 Å². The lowest BCUT2D eigenvalue weighted by Gasteiger charge is -2.30. The molecule has 0 amide bonds. The molecule has 1 saturated carbocycles. The Bertz CT molecular complexity index is 531. The van der Waals surface area contributed by atoms with Crippen molar-refractivity contribution in [3.05, 3.63) is 28.2 Å². The zero-order chi connectivity index (χ0) is 13.9. The number of rotatable bonds is 4. The van der Waals surface area contributed by atoms with E-state index in [0.29, 0.717) is 11.3 Å². The van der Waals surface area contributed by atoms with Crippen molar-refractivity contribution in [2.24, 2.45) is 0 Å². The summed E-state index contributed by atoms with van der Waals surface area (Å²) < 4.78 is 0.841.